The number of hydrogen-bond donors (Lipinski definition) is 0. The van der Waals surface area contributed by atoms with E-state index in [2.05, 4.69) is 22.9 Å². The number of likely N-dealkylation sites (tertiary alicyclic amines) is 1. The van der Waals surface area contributed by atoms with Crippen LogP contribution in [0.1, 0.15) is 26.2 Å². The zero-order valence-corrected chi connectivity index (χ0v) is 18.6. The first-order chi connectivity index (χ1) is 12.8. The summed E-state index contributed by atoms with van der Waals surface area (Å²) in [6.07, 6.45) is 3.31. The normalized spacial score (nSPS) is 22.8. The molecule has 3 rings (SSSR count). The second-order valence-electron chi connectivity index (χ2n) is 7.19. The van der Waals surface area contributed by atoms with Crippen molar-refractivity contribution in [2.45, 2.75) is 37.1 Å². The van der Waals surface area contributed by atoms with E-state index in [4.69, 9.17) is 11.6 Å². The lowest BCUT2D eigenvalue weighted by Crippen LogP contribution is -2.53. The lowest BCUT2D eigenvalue weighted by atomic mass is 10.0. The minimum Gasteiger partial charge on any atom is -0.339 e. The molecule has 150 valence electrons. The van der Waals surface area contributed by atoms with Gasteiger partial charge in [0.1, 0.15) is 4.90 Å². The molecule has 1 amide bonds. The Morgan fingerprint density at radius 3 is 2.52 bits per heavy atom. The number of piperidine rings is 1. The number of amides is 1. The third-order valence-electron chi connectivity index (χ3n) is 5.33. The number of rotatable bonds is 4. The van der Waals surface area contributed by atoms with E-state index in [0.29, 0.717) is 38.8 Å². The van der Waals surface area contributed by atoms with Gasteiger partial charge in [-0.25, -0.2) is 8.42 Å². The topological polar surface area (TPSA) is 60.9 Å². The first kappa shape index (κ1) is 21.0. The average molecular weight is 479 g/mol. The maximum Gasteiger partial charge on any atom is 0.244 e. The highest BCUT2D eigenvalue weighted by atomic mass is 79.9. The number of halogens is 2. The van der Waals surface area contributed by atoms with Crippen LogP contribution in [0.5, 0.6) is 0 Å². The SMILES string of the molecule is C[C@H]1CCCCN1C(=O)CN1CCN(S(=O)(=O)c2ccc(Br)cc2Cl)CC1. The zero-order chi connectivity index (χ0) is 19.6. The summed E-state index contributed by atoms with van der Waals surface area (Å²) in [5, 5.41) is 0.209. The Labute approximate surface area is 174 Å². The van der Waals surface area contributed by atoms with E-state index in [0.717, 1.165) is 23.9 Å². The van der Waals surface area contributed by atoms with Crippen LogP contribution < -0.4 is 0 Å². The van der Waals surface area contributed by atoms with Crippen LogP contribution >= 0.6 is 27.5 Å². The van der Waals surface area contributed by atoms with Gasteiger partial charge in [-0.05, 0) is 44.4 Å². The predicted octanol–water partition coefficient (Wildman–Crippen LogP) is 2.81. The van der Waals surface area contributed by atoms with E-state index in [9.17, 15) is 13.2 Å². The first-order valence-electron chi connectivity index (χ1n) is 9.26. The summed E-state index contributed by atoms with van der Waals surface area (Å²) < 4.78 is 27.9. The van der Waals surface area contributed by atoms with E-state index in [1.54, 1.807) is 12.1 Å². The van der Waals surface area contributed by atoms with Crippen molar-refractivity contribution in [3.05, 3.63) is 27.7 Å². The van der Waals surface area contributed by atoms with Gasteiger partial charge in [-0.3, -0.25) is 9.69 Å². The highest BCUT2D eigenvalue weighted by Crippen LogP contribution is 2.28. The van der Waals surface area contributed by atoms with Crippen molar-refractivity contribution in [2.75, 3.05) is 39.3 Å². The van der Waals surface area contributed by atoms with Crippen LogP contribution in [0.4, 0.5) is 0 Å². The molecule has 0 bridgehead atoms. The van der Waals surface area contributed by atoms with Crippen LogP contribution in [0.2, 0.25) is 5.02 Å². The molecule has 27 heavy (non-hydrogen) atoms. The molecule has 6 nitrogen and oxygen atoms in total. The maximum absolute atomic E-state index is 12.9. The molecule has 1 atom stereocenters. The fraction of sp³-hybridized carbons (Fsp3) is 0.611. The van der Waals surface area contributed by atoms with Gasteiger partial charge in [0.05, 0.1) is 11.6 Å². The van der Waals surface area contributed by atoms with Gasteiger partial charge in [0, 0.05) is 43.2 Å². The Balaban J connectivity index is 1.59. The maximum atomic E-state index is 12.9. The molecule has 2 fully saturated rings. The lowest BCUT2D eigenvalue weighted by Gasteiger charge is -2.37. The molecule has 2 saturated heterocycles. The number of carbonyl (C=O) groups excluding carboxylic acids is 1. The van der Waals surface area contributed by atoms with Gasteiger partial charge in [0.15, 0.2) is 0 Å². The van der Waals surface area contributed by atoms with Crippen molar-refractivity contribution in [2.24, 2.45) is 0 Å². The molecule has 0 spiro atoms. The van der Waals surface area contributed by atoms with Gasteiger partial charge in [0.25, 0.3) is 0 Å². The second kappa shape index (κ2) is 8.78. The van der Waals surface area contributed by atoms with E-state index in [1.807, 2.05) is 9.80 Å². The summed E-state index contributed by atoms with van der Waals surface area (Å²) in [5.41, 5.74) is 0. The highest BCUT2D eigenvalue weighted by Gasteiger charge is 2.32. The van der Waals surface area contributed by atoms with Crippen LogP contribution in [0.3, 0.4) is 0 Å². The van der Waals surface area contributed by atoms with Crippen molar-refractivity contribution in [1.82, 2.24) is 14.1 Å². The number of piperazine rings is 1. The second-order valence-corrected chi connectivity index (χ2v) is 10.4. The van der Waals surface area contributed by atoms with Crippen LogP contribution in [0, 0.1) is 0 Å². The summed E-state index contributed by atoms with van der Waals surface area (Å²) in [6, 6.07) is 5.08. The molecule has 0 N–H and O–H groups in total. The molecule has 0 radical (unpaired) electrons. The van der Waals surface area contributed by atoms with E-state index < -0.39 is 10.0 Å². The molecule has 0 aliphatic carbocycles. The molecule has 2 aliphatic heterocycles. The quantitative estimate of drug-likeness (QED) is 0.668. The first-order valence-corrected chi connectivity index (χ1v) is 11.9. The highest BCUT2D eigenvalue weighted by molar-refractivity contribution is 9.10. The average Bonchev–Trinajstić information content (AvgIpc) is 2.62. The van der Waals surface area contributed by atoms with Gasteiger partial charge >= 0.3 is 0 Å². The molecule has 0 aromatic heterocycles. The van der Waals surface area contributed by atoms with Crippen LogP contribution in [0.25, 0.3) is 0 Å². The van der Waals surface area contributed by atoms with Gasteiger partial charge in [0.2, 0.25) is 15.9 Å². The number of hydrogen-bond acceptors (Lipinski definition) is 4. The van der Waals surface area contributed by atoms with E-state index in [-0.39, 0.29) is 15.8 Å². The fourth-order valence-electron chi connectivity index (χ4n) is 3.70. The lowest BCUT2D eigenvalue weighted by molar-refractivity contribution is -0.135. The van der Waals surface area contributed by atoms with Gasteiger partial charge in [-0.2, -0.15) is 4.31 Å². The van der Waals surface area contributed by atoms with Gasteiger partial charge < -0.3 is 4.90 Å². The summed E-state index contributed by atoms with van der Waals surface area (Å²) >= 11 is 9.43. The van der Waals surface area contributed by atoms with Gasteiger partial charge in [-0.1, -0.05) is 27.5 Å². The third kappa shape index (κ3) is 4.85. The summed E-state index contributed by atoms with van der Waals surface area (Å²) in [5.74, 6) is 0.148. The molecule has 2 aliphatic rings. The molecule has 1 aromatic rings. The Bertz CT molecular complexity index is 797. The summed E-state index contributed by atoms with van der Waals surface area (Å²) in [4.78, 5) is 16.7. The summed E-state index contributed by atoms with van der Waals surface area (Å²) in [6.45, 7) is 5.09. The minimum atomic E-state index is -3.63. The zero-order valence-electron chi connectivity index (χ0n) is 15.4. The molecule has 0 saturated carbocycles. The Kier molecular flexibility index (Phi) is 6.84. The van der Waals surface area contributed by atoms with Crippen molar-refractivity contribution >= 4 is 43.5 Å². The number of sulfonamides is 1. The Hall–Kier alpha value is -0.670. The van der Waals surface area contributed by atoms with Crippen molar-refractivity contribution in [3.8, 4) is 0 Å². The molecule has 2 heterocycles. The molecular weight excluding hydrogens is 454 g/mol. The van der Waals surface area contributed by atoms with Crippen LogP contribution in [0.15, 0.2) is 27.6 Å². The monoisotopic (exact) mass is 477 g/mol. The van der Waals surface area contributed by atoms with E-state index >= 15 is 0 Å². The Morgan fingerprint density at radius 1 is 1.19 bits per heavy atom. The smallest absolute Gasteiger partial charge is 0.244 e. The molecule has 1 aromatic carbocycles. The van der Waals surface area contributed by atoms with Crippen molar-refractivity contribution in [3.63, 3.8) is 0 Å². The van der Waals surface area contributed by atoms with E-state index in [1.165, 1.54) is 16.8 Å². The number of carbonyl (C=O) groups is 1. The minimum absolute atomic E-state index is 0.124. The fourth-order valence-corrected chi connectivity index (χ4v) is 6.14. The largest absolute Gasteiger partial charge is 0.339 e. The predicted molar refractivity (Wildman–Crippen MR) is 109 cm³/mol. The van der Waals surface area contributed by atoms with Crippen LogP contribution in [-0.2, 0) is 14.8 Å². The molecular formula is C18H25BrClN3O3S. The standard InChI is InChI=1S/C18H25BrClN3O3S/c1-14-4-2-3-7-23(14)18(24)13-21-8-10-22(11-9-21)27(25,26)17-6-5-15(19)12-16(17)20/h5-6,12,14H,2-4,7-11,13H2,1H3/t14-/m0/s1. The summed E-state index contributed by atoms with van der Waals surface area (Å²) in [7, 11) is -3.63. The van der Waals surface area contributed by atoms with Crippen molar-refractivity contribution in [1.29, 1.82) is 0 Å². The number of nitrogens with zero attached hydrogens (tertiary/aromatic N) is 3. The molecule has 0 unspecified atom stereocenters. The van der Waals surface area contributed by atoms with Gasteiger partial charge in [-0.15, -0.1) is 0 Å². The number of benzene rings is 1. The Morgan fingerprint density at radius 2 is 1.89 bits per heavy atom. The van der Waals surface area contributed by atoms with Crippen molar-refractivity contribution < 1.29 is 13.2 Å². The third-order valence-corrected chi connectivity index (χ3v) is 8.20. The van der Waals surface area contributed by atoms with Crippen LogP contribution in [-0.4, -0.2) is 73.7 Å². The molecule has 9 heteroatoms.